The van der Waals surface area contributed by atoms with E-state index in [4.69, 9.17) is 4.74 Å². The Morgan fingerprint density at radius 3 is 2.80 bits per heavy atom. The third kappa shape index (κ3) is 1.29. The molecule has 0 aromatic carbocycles. The van der Waals surface area contributed by atoms with Gasteiger partial charge in [-0.2, -0.15) is 0 Å². The average Bonchev–Trinajstić information content (AvgIpc) is 1.88. The Hall–Kier alpha value is -0.990. The molecule has 10 heavy (non-hydrogen) atoms. The molecule has 56 valence electrons. The molecule has 3 heteroatoms. The highest BCUT2D eigenvalue weighted by atomic mass is 16.7. The molecule has 0 N–H and O–H groups in total. The lowest BCUT2D eigenvalue weighted by Crippen LogP contribution is -2.16. The number of cyclic esters (lactones) is 2. The van der Waals surface area contributed by atoms with Crippen molar-refractivity contribution >= 4 is 6.16 Å². The fourth-order valence-corrected chi connectivity index (χ4v) is 0.825. The largest absolute Gasteiger partial charge is 0.513 e. The minimum absolute atomic E-state index is 0.390. The summed E-state index contributed by atoms with van der Waals surface area (Å²) in [6, 6.07) is 0. The van der Waals surface area contributed by atoms with E-state index in [0.29, 0.717) is 12.4 Å². The van der Waals surface area contributed by atoms with Gasteiger partial charge in [0.15, 0.2) is 0 Å². The number of hydrogen-bond donors (Lipinski definition) is 0. The molecule has 0 aromatic rings. The standard InChI is InChI=1S/C7H10O3/c1-3-6-4-9-7(8)10-5(6)2/h3-4H2,1-2H3. The summed E-state index contributed by atoms with van der Waals surface area (Å²) in [4.78, 5) is 10.5. The fourth-order valence-electron chi connectivity index (χ4n) is 0.825. The molecule has 1 heterocycles. The van der Waals surface area contributed by atoms with Crippen molar-refractivity contribution in [3.8, 4) is 0 Å². The Bertz CT molecular complexity index is 181. The third-order valence-electron chi connectivity index (χ3n) is 1.53. The number of carbonyl (C=O) groups excluding carboxylic acids is 1. The Morgan fingerprint density at radius 2 is 2.30 bits per heavy atom. The van der Waals surface area contributed by atoms with E-state index in [2.05, 4.69) is 4.74 Å². The van der Waals surface area contributed by atoms with Gasteiger partial charge in [-0.05, 0) is 13.3 Å². The van der Waals surface area contributed by atoms with E-state index in [1.165, 1.54) is 0 Å². The molecule has 0 bridgehead atoms. The van der Waals surface area contributed by atoms with E-state index in [1.807, 2.05) is 6.92 Å². The van der Waals surface area contributed by atoms with Crippen LogP contribution >= 0.6 is 0 Å². The lowest BCUT2D eigenvalue weighted by Gasteiger charge is -2.15. The van der Waals surface area contributed by atoms with Gasteiger partial charge in [0.25, 0.3) is 0 Å². The van der Waals surface area contributed by atoms with Gasteiger partial charge in [-0.1, -0.05) is 6.92 Å². The second kappa shape index (κ2) is 2.73. The van der Waals surface area contributed by atoms with Gasteiger partial charge in [0.1, 0.15) is 12.4 Å². The van der Waals surface area contributed by atoms with Crippen LogP contribution in [0.2, 0.25) is 0 Å². The van der Waals surface area contributed by atoms with Crippen molar-refractivity contribution < 1.29 is 14.3 Å². The quantitative estimate of drug-likeness (QED) is 0.524. The highest BCUT2D eigenvalue weighted by Crippen LogP contribution is 2.15. The number of ether oxygens (including phenoxy) is 2. The monoisotopic (exact) mass is 142 g/mol. The van der Waals surface area contributed by atoms with Crippen LogP contribution in [0.15, 0.2) is 11.3 Å². The topological polar surface area (TPSA) is 35.5 Å². The molecule has 0 saturated heterocycles. The van der Waals surface area contributed by atoms with Gasteiger partial charge in [0, 0.05) is 5.57 Å². The van der Waals surface area contributed by atoms with E-state index in [1.54, 1.807) is 6.92 Å². The van der Waals surface area contributed by atoms with Crippen LogP contribution in [0.4, 0.5) is 4.79 Å². The first-order valence-electron chi connectivity index (χ1n) is 3.27. The van der Waals surface area contributed by atoms with Crippen LogP contribution in [0.5, 0.6) is 0 Å². The molecule has 0 fully saturated rings. The minimum Gasteiger partial charge on any atom is -0.429 e. The third-order valence-corrected chi connectivity index (χ3v) is 1.53. The van der Waals surface area contributed by atoms with Crippen LogP contribution in [0.3, 0.4) is 0 Å². The predicted octanol–water partition coefficient (Wildman–Crippen LogP) is 1.84. The van der Waals surface area contributed by atoms with Crippen molar-refractivity contribution in [2.45, 2.75) is 20.3 Å². The van der Waals surface area contributed by atoms with Crippen LogP contribution in [0, 0.1) is 0 Å². The van der Waals surface area contributed by atoms with Gasteiger partial charge in [-0.3, -0.25) is 0 Å². The van der Waals surface area contributed by atoms with Gasteiger partial charge in [0.05, 0.1) is 0 Å². The molecule has 0 radical (unpaired) electrons. The summed E-state index contributed by atoms with van der Waals surface area (Å²) >= 11 is 0. The molecule has 0 spiro atoms. The Labute approximate surface area is 59.6 Å². The van der Waals surface area contributed by atoms with E-state index in [0.717, 1.165) is 12.0 Å². The first-order chi connectivity index (χ1) is 4.74. The highest BCUT2D eigenvalue weighted by Gasteiger charge is 2.15. The molecule has 0 amide bonds. The Balaban J connectivity index is 2.70. The van der Waals surface area contributed by atoms with E-state index in [-0.39, 0.29) is 0 Å². The zero-order valence-corrected chi connectivity index (χ0v) is 6.14. The Morgan fingerprint density at radius 1 is 1.60 bits per heavy atom. The molecule has 1 aliphatic rings. The van der Waals surface area contributed by atoms with Gasteiger partial charge in [-0.15, -0.1) is 0 Å². The first-order valence-corrected chi connectivity index (χ1v) is 3.27. The maximum Gasteiger partial charge on any atom is 0.513 e. The normalized spacial score (nSPS) is 18.4. The van der Waals surface area contributed by atoms with Crippen LogP contribution in [-0.4, -0.2) is 12.8 Å². The van der Waals surface area contributed by atoms with Gasteiger partial charge in [-0.25, -0.2) is 4.79 Å². The molecule has 1 aliphatic heterocycles. The summed E-state index contributed by atoms with van der Waals surface area (Å²) in [6.45, 7) is 4.17. The minimum atomic E-state index is -0.588. The molecule has 0 saturated carbocycles. The Kier molecular flexibility index (Phi) is 1.94. The summed E-state index contributed by atoms with van der Waals surface area (Å²) in [5, 5.41) is 0. The highest BCUT2D eigenvalue weighted by molar-refractivity contribution is 5.63. The molecule has 0 aromatic heterocycles. The molecule has 3 nitrogen and oxygen atoms in total. The average molecular weight is 142 g/mol. The SMILES string of the molecule is CCC1=C(C)OC(=O)OC1. The van der Waals surface area contributed by atoms with Crippen LogP contribution in [-0.2, 0) is 9.47 Å². The van der Waals surface area contributed by atoms with Crippen molar-refractivity contribution in [3.63, 3.8) is 0 Å². The maximum absolute atomic E-state index is 10.5. The molecular formula is C7H10O3. The molecular weight excluding hydrogens is 132 g/mol. The van der Waals surface area contributed by atoms with Crippen LogP contribution < -0.4 is 0 Å². The number of allylic oxidation sites excluding steroid dienone is 1. The fraction of sp³-hybridized carbons (Fsp3) is 0.571. The molecule has 0 unspecified atom stereocenters. The summed E-state index contributed by atoms with van der Waals surface area (Å²) in [5.74, 6) is 0.693. The summed E-state index contributed by atoms with van der Waals surface area (Å²) in [6.07, 6.45) is 0.286. The van der Waals surface area contributed by atoms with Gasteiger partial charge in [0.2, 0.25) is 0 Å². The van der Waals surface area contributed by atoms with Crippen molar-refractivity contribution in [2.75, 3.05) is 6.61 Å². The van der Waals surface area contributed by atoms with Crippen molar-refractivity contribution in [1.82, 2.24) is 0 Å². The second-order valence-corrected chi connectivity index (χ2v) is 2.15. The second-order valence-electron chi connectivity index (χ2n) is 2.15. The van der Waals surface area contributed by atoms with Crippen molar-refractivity contribution in [3.05, 3.63) is 11.3 Å². The number of hydrogen-bond acceptors (Lipinski definition) is 3. The maximum atomic E-state index is 10.5. The van der Waals surface area contributed by atoms with Gasteiger partial charge < -0.3 is 9.47 Å². The summed E-state index contributed by atoms with van der Waals surface area (Å²) < 4.78 is 9.34. The predicted molar refractivity (Wildman–Crippen MR) is 35.4 cm³/mol. The lowest BCUT2D eigenvalue weighted by atomic mass is 10.2. The zero-order valence-electron chi connectivity index (χ0n) is 6.14. The summed E-state index contributed by atoms with van der Waals surface area (Å²) in [7, 11) is 0. The zero-order chi connectivity index (χ0) is 7.56. The smallest absolute Gasteiger partial charge is 0.429 e. The van der Waals surface area contributed by atoms with Crippen LogP contribution in [0.25, 0.3) is 0 Å². The lowest BCUT2D eigenvalue weighted by molar-refractivity contribution is 0.0678. The number of rotatable bonds is 1. The first kappa shape index (κ1) is 7.12. The van der Waals surface area contributed by atoms with Gasteiger partial charge >= 0.3 is 6.16 Å². The summed E-state index contributed by atoms with van der Waals surface area (Å²) in [5.41, 5.74) is 1.06. The van der Waals surface area contributed by atoms with Crippen molar-refractivity contribution in [1.29, 1.82) is 0 Å². The van der Waals surface area contributed by atoms with Crippen LogP contribution in [0.1, 0.15) is 20.3 Å². The molecule has 0 atom stereocenters. The van der Waals surface area contributed by atoms with E-state index in [9.17, 15) is 4.79 Å². The van der Waals surface area contributed by atoms with E-state index < -0.39 is 6.16 Å². The number of carbonyl (C=O) groups is 1. The van der Waals surface area contributed by atoms with E-state index >= 15 is 0 Å². The molecule has 0 aliphatic carbocycles. The molecule has 1 rings (SSSR count). The van der Waals surface area contributed by atoms with Crippen molar-refractivity contribution in [2.24, 2.45) is 0 Å².